The Morgan fingerprint density at radius 3 is 1.20 bits per heavy atom. The monoisotopic (exact) mass is 2660 g/mol. The fraction of sp³-hybridized carbons (Fsp3) is 0.193. The molecule has 0 bridgehead atoms. The molecule has 0 saturated heterocycles. The van der Waals surface area contributed by atoms with E-state index in [4.69, 9.17) is 32.6 Å². The molecule has 0 fully saturated rings. The number of rotatable bonds is 15. The first-order chi connectivity index (χ1) is 66.8. The molecular formula is C119H113Ir4N12O4Si4-7. The van der Waals surface area contributed by atoms with Gasteiger partial charge in [0.1, 0.15) is 11.3 Å². The Labute approximate surface area is 896 Å². The van der Waals surface area contributed by atoms with Crippen molar-refractivity contribution < 1.29 is 98.1 Å². The van der Waals surface area contributed by atoms with Crippen LogP contribution in [0.2, 0.25) is 78.6 Å². The van der Waals surface area contributed by atoms with Crippen LogP contribution in [0.3, 0.4) is 0 Å². The molecule has 0 saturated carbocycles. The van der Waals surface area contributed by atoms with Gasteiger partial charge in [0.25, 0.3) is 0 Å². The molecule has 0 aliphatic rings. The molecule has 22 rings (SSSR count). The van der Waals surface area contributed by atoms with Gasteiger partial charge in [-0.3, -0.25) is 0 Å². The maximum Gasteiger partial charge on any atom is 0.216 e. The van der Waals surface area contributed by atoms with Crippen molar-refractivity contribution >= 4 is 141 Å². The summed E-state index contributed by atoms with van der Waals surface area (Å²) in [5, 5.41) is 13.8. The molecular weight excluding hydrogens is 2540 g/mol. The average molecular weight is 2660 g/mol. The van der Waals surface area contributed by atoms with Crippen molar-refractivity contribution in [3.8, 4) is 78.8 Å². The molecule has 0 aliphatic carbocycles. The quantitative estimate of drug-likeness (QED) is 0.0691. The Kier molecular flexibility index (Phi) is 37.5. The molecule has 6 aromatic carbocycles. The summed E-state index contributed by atoms with van der Waals surface area (Å²) in [7, 11) is -5.67. The third-order valence-electron chi connectivity index (χ3n) is 23.7. The third kappa shape index (κ3) is 27.1. The van der Waals surface area contributed by atoms with E-state index in [2.05, 4.69) is 281 Å². The van der Waals surface area contributed by atoms with Crippen LogP contribution >= 0.6 is 0 Å². The van der Waals surface area contributed by atoms with E-state index in [-0.39, 0.29) is 80.4 Å². The number of fused-ring (bicyclic) bond motifs is 12. The molecule has 0 unspecified atom stereocenters. The smallest absolute Gasteiger partial charge is 0.216 e. The molecule has 732 valence electrons. The van der Waals surface area contributed by atoms with Crippen LogP contribution in [0.25, 0.3) is 167 Å². The summed E-state index contributed by atoms with van der Waals surface area (Å²) in [5.74, 6) is 1.52. The Bertz CT molecular complexity index is 7490. The number of para-hydroxylation sites is 1. The van der Waals surface area contributed by atoms with Crippen LogP contribution in [0.1, 0.15) is 75.8 Å². The topological polar surface area (TPSA) is 207 Å². The normalized spacial score (nSPS) is 11.3. The number of aromatic nitrogens is 12. The molecule has 16 nitrogen and oxygen atoms in total. The van der Waals surface area contributed by atoms with Gasteiger partial charge in [-0.2, -0.15) is 0 Å². The summed E-state index contributed by atoms with van der Waals surface area (Å²) >= 11 is 0. The first kappa shape index (κ1) is 110. The largest absolute Gasteiger partial charge is 0.486 e. The summed E-state index contributed by atoms with van der Waals surface area (Å²) in [6, 6.07) is 98.1. The number of nitrogens with zero attached hydrogens (tertiary/aromatic N) is 12. The molecule has 143 heavy (non-hydrogen) atoms. The second kappa shape index (κ2) is 48.9. The Balaban J connectivity index is 0.000000152. The van der Waals surface area contributed by atoms with Gasteiger partial charge in [-0.1, -0.05) is 238 Å². The van der Waals surface area contributed by atoms with Gasteiger partial charge < -0.3 is 62.5 Å². The predicted molar refractivity (Wildman–Crippen MR) is 581 cm³/mol. The molecule has 0 N–H and O–H groups in total. The van der Waals surface area contributed by atoms with Gasteiger partial charge >= 0.3 is 0 Å². The Morgan fingerprint density at radius 2 is 0.734 bits per heavy atom. The minimum Gasteiger partial charge on any atom is -0.486 e. The molecule has 4 radical (unpaired) electrons. The third-order valence-corrected chi connectivity index (χ3v) is 31.9. The van der Waals surface area contributed by atoms with Crippen molar-refractivity contribution in [3.63, 3.8) is 0 Å². The molecule has 24 heteroatoms. The van der Waals surface area contributed by atoms with E-state index in [1.54, 1.807) is 37.2 Å². The van der Waals surface area contributed by atoms with Crippen molar-refractivity contribution in [2.75, 3.05) is 0 Å². The van der Waals surface area contributed by atoms with Crippen LogP contribution in [-0.4, -0.2) is 92.1 Å². The van der Waals surface area contributed by atoms with Crippen LogP contribution in [-0.2, 0) is 86.8 Å². The number of hydrogen-bond acceptors (Lipinski definition) is 16. The summed E-state index contributed by atoms with van der Waals surface area (Å²) in [6.07, 6.45) is 26.2. The number of hydrogen-bond donors (Lipinski definition) is 0. The zero-order valence-electron chi connectivity index (χ0n) is 83.7. The van der Waals surface area contributed by atoms with E-state index >= 15 is 0 Å². The molecule has 0 amide bonds. The summed E-state index contributed by atoms with van der Waals surface area (Å²) in [4.78, 5) is 53.5. The second-order valence-corrected chi connectivity index (χ2v) is 59.7. The SMILES string of the molecule is CC(C)c1cc(-c2[c-]cc3oc4ncccc4c3c2)ncc1[Si](C)(C)C.CC(C)c1cc(-c2[c-]nc3oc4ccccc4c3c2)ncc1[Si](C)(C)C.C[Si](C)(C)c1ccc(-c2[c-]cc3oc4ncccc4c3c2)nc1.Cc1ccc2c(n1)oc1c(-c3cc(CC(C)C)c([Si](C)(C)C)cn3)[c-]ncc12.[Ir].[Ir].[Ir].[Ir].[c-]1ccccc1-c1ccccn1.[c-]1ccccc1-c1ccccn1.[c-]1ccccc1-c1ccccn1. The van der Waals surface area contributed by atoms with Crippen LogP contribution in [0.4, 0.5) is 0 Å². The van der Waals surface area contributed by atoms with Crippen molar-refractivity contribution in [3.05, 3.63) is 376 Å². The van der Waals surface area contributed by atoms with Crippen molar-refractivity contribution in [2.24, 2.45) is 5.92 Å². The number of pyridine rings is 12. The molecule has 16 heterocycles. The number of aryl methyl sites for hydroxylation is 1. The number of benzene rings is 6. The van der Waals surface area contributed by atoms with Crippen molar-refractivity contribution in [2.45, 2.75) is 145 Å². The zero-order chi connectivity index (χ0) is 97.7. The van der Waals surface area contributed by atoms with Crippen LogP contribution in [0, 0.1) is 55.6 Å². The van der Waals surface area contributed by atoms with E-state index < -0.39 is 32.3 Å². The standard InChI is InChI=1S/C23H26N3OSi.2C22H23N2OSi.C19H17N2OSi.3C11H8N.4Ir/c1-14(2)9-16-10-20(25-13-21(16)28(4,5)6)19-12-24-11-18-17-8-7-15(3)26-23(17)27-22(18)19;1-14(2)17-12-19(24-13-21(17)26(3,4)5)15-8-9-20-18(11-15)16-7-6-10-23-22(16)25-20;1-14(2)17-11-19(23-13-21(17)26(3,4)5)15-10-18-16-8-6-7-9-20(16)25-22(18)24-12-15;1-23(2,3)14-7-8-17(21-12-14)13-6-9-18-16(11-13)15-5-4-10-20-19(15)22-18;3*1-2-6-10(7-3-1)11-8-4-5-9-12-11;;;;/h7-8,10-11,13-14H,9H2,1-6H3;6-7,9-14H,1-5H3;6-11,13-14H,1-5H3;4-5,7-12H,1-3H3;3*1-6,8-9H;;;;/q7*-1;;;;. The minimum atomic E-state index is -1.48. The summed E-state index contributed by atoms with van der Waals surface area (Å²) in [6.45, 7) is 43.8. The van der Waals surface area contributed by atoms with Crippen LogP contribution < -0.4 is 20.7 Å². The van der Waals surface area contributed by atoms with E-state index in [9.17, 15) is 0 Å². The Hall–Kier alpha value is -12.2. The Morgan fingerprint density at radius 1 is 0.301 bits per heavy atom. The fourth-order valence-corrected chi connectivity index (χ4v) is 22.5. The fourth-order valence-electron chi connectivity index (χ4n) is 16.5. The minimum absolute atomic E-state index is 0. The average Bonchev–Trinajstić information content (AvgIpc) is 1.61. The van der Waals surface area contributed by atoms with E-state index in [0.717, 1.165) is 156 Å². The van der Waals surface area contributed by atoms with Crippen molar-refractivity contribution in [1.29, 1.82) is 0 Å². The van der Waals surface area contributed by atoms with Gasteiger partial charge in [-0.25, -0.2) is 15.0 Å². The van der Waals surface area contributed by atoms with E-state index in [1.807, 2.05) is 207 Å². The first-order valence-corrected chi connectivity index (χ1v) is 61.1. The van der Waals surface area contributed by atoms with Crippen LogP contribution in [0.5, 0.6) is 0 Å². The predicted octanol–water partition coefficient (Wildman–Crippen LogP) is 28.3. The molecule has 22 aromatic rings. The van der Waals surface area contributed by atoms with Gasteiger partial charge in [-0.05, 0) is 182 Å². The molecule has 0 atom stereocenters. The van der Waals surface area contributed by atoms with Crippen LogP contribution in [0.15, 0.2) is 328 Å². The maximum absolute atomic E-state index is 6.12. The second-order valence-electron chi connectivity index (χ2n) is 39.5. The van der Waals surface area contributed by atoms with Gasteiger partial charge in [0.2, 0.25) is 17.1 Å². The zero-order valence-corrected chi connectivity index (χ0v) is 97.3. The summed E-state index contributed by atoms with van der Waals surface area (Å²) in [5.41, 5.74) is 24.3. The van der Waals surface area contributed by atoms with E-state index in [0.29, 0.717) is 40.6 Å². The summed E-state index contributed by atoms with van der Waals surface area (Å²) < 4.78 is 23.5. The van der Waals surface area contributed by atoms with Gasteiger partial charge in [0.15, 0.2) is 0 Å². The number of furan rings is 4. The van der Waals surface area contributed by atoms with Crippen molar-refractivity contribution in [1.82, 2.24) is 59.8 Å². The first-order valence-electron chi connectivity index (χ1n) is 47.1. The molecule has 0 aliphatic heterocycles. The molecule has 16 aromatic heterocycles. The van der Waals surface area contributed by atoms with Gasteiger partial charge in [0, 0.05) is 163 Å². The maximum atomic E-state index is 6.12. The molecule has 0 spiro atoms. The van der Waals surface area contributed by atoms with Gasteiger partial charge in [-0.15, -0.1) is 167 Å². The van der Waals surface area contributed by atoms with E-state index in [1.165, 1.54) is 37.4 Å². The van der Waals surface area contributed by atoms with Gasteiger partial charge in [0.05, 0.1) is 49.0 Å².